The van der Waals surface area contributed by atoms with E-state index >= 15 is 0 Å². The van der Waals surface area contributed by atoms with Crippen LogP contribution in [0.2, 0.25) is 0 Å². The minimum atomic E-state index is -0.186. The second kappa shape index (κ2) is 9.35. The first kappa shape index (κ1) is 17.5. The van der Waals surface area contributed by atoms with Crippen LogP contribution < -0.4 is 15.4 Å². The summed E-state index contributed by atoms with van der Waals surface area (Å²) in [6.07, 6.45) is 1.01. The van der Waals surface area contributed by atoms with Crippen LogP contribution in [-0.4, -0.2) is 32.0 Å². The van der Waals surface area contributed by atoms with E-state index in [0.29, 0.717) is 6.54 Å². The number of ether oxygens (including phenoxy) is 1. The van der Waals surface area contributed by atoms with E-state index in [-0.39, 0.29) is 24.8 Å². The van der Waals surface area contributed by atoms with Crippen molar-refractivity contribution in [1.82, 2.24) is 10.6 Å². The molecule has 2 N–H and O–H groups in total. The molecular weight excluding hydrogens is 304 g/mol. The SMILES string of the molecule is COc1ccc(CC(=O)NCC(=O)NCCc2ccccc2)cc1. The Morgan fingerprint density at radius 1 is 0.875 bits per heavy atom. The molecule has 0 aromatic heterocycles. The van der Waals surface area contributed by atoms with Crippen LogP contribution in [0.1, 0.15) is 11.1 Å². The smallest absolute Gasteiger partial charge is 0.239 e. The lowest BCUT2D eigenvalue weighted by Gasteiger charge is -2.07. The van der Waals surface area contributed by atoms with Crippen molar-refractivity contribution in [3.63, 3.8) is 0 Å². The summed E-state index contributed by atoms with van der Waals surface area (Å²) in [7, 11) is 1.60. The molecule has 0 aliphatic carbocycles. The molecule has 0 saturated heterocycles. The monoisotopic (exact) mass is 326 g/mol. The quantitative estimate of drug-likeness (QED) is 0.776. The van der Waals surface area contributed by atoms with E-state index in [1.807, 2.05) is 42.5 Å². The third kappa shape index (κ3) is 6.12. The predicted molar refractivity (Wildman–Crippen MR) is 92.9 cm³/mol. The fraction of sp³-hybridized carbons (Fsp3) is 0.263. The van der Waals surface area contributed by atoms with Gasteiger partial charge in [0.1, 0.15) is 5.75 Å². The predicted octanol–water partition coefficient (Wildman–Crippen LogP) is 1.71. The number of benzene rings is 2. The molecule has 126 valence electrons. The summed E-state index contributed by atoms with van der Waals surface area (Å²) in [5, 5.41) is 5.42. The van der Waals surface area contributed by atoms with E-state index in [1.165, 1.54) is 5.56 Å². The molecule has 2 amide bonds. The van der Waals surface area contributed by atoms with E-state index in [2.05, 4.69) is 10.6 Å². The Morgan fingerprint density at radius 3 is 2.25 bits per heavy atom. The van der Waals surface area contributed by atoms with Gasteiger partial charge >= 0.3 is 0 Å². The number of carbonyl (C=O) groups excluding carboxylic acids is 2. The van der Waals surface area contributed by atoms with Crippen molar-refractivity contribution >= 4 is 11.8 Å². The van der Waals surface area contributed by atoms with Gasteiger partial charge in [-0.3, -0.25) is 9.59 Å². The lowest BCUT2D eigenvalue weighted by Crippen LogP contribution is -2.38. The minimum absolute atomic E-state index is 0.0101. The molecule has 0 bridgehead atoms. The van der Waals surface area contributed by atoms with Crippen molar-refractivity contribution < 1.29 is 14.3 Å². The summed E-state index contributed by atoms with van der Waals surface area (Å²) in [6.45, 7) is 0.543. The summed E-state index contributed by atoms with van der Waals surface area (Å²) in [4.78, 5) is 23.6. The van der Waals surface area contributed by atoms with Gasteiger partial charge in [-0.1, -0.05) is 42.5 Å². The van der Waals surface area contributed by atoms with Gasteiger partial charge in [0, 0.05) is 6.54 Å². The molecule has 2 aromatic rings. The maximum Gasteiger partial charge on any atom is 0.239 e. The molecule has 5 heteroatoms. The maximum absolute atomic E-state index is 11.8. The number of carbonyl (C=O) groups is 2. The van der Waals surface area contributed by atoms with Crippen molar-refractivity contribution in [3.8, 4) is 5.75 Å². The highest BCUT2D eigenvalue weighted by Crippen LogP contribution is 2.11. The molecule has 24 heavy (non-hydrogen) atoms. The standard InChI is InChI=1S/C19H22N2O3/c1-24-17-9-7-16(8-10-17)13-18(22)21-14-19(23)20-12-11-15-5-3-2-4-6-15/h2-10H,11-14H2,1H3,(H,20,23)(H,21,22). The lowest BCUT2D eigenvalue weighted by atomic mass is 10.1. The van der Waals surface area contributed by atoms with E-state index in [9.17, 15) is 9.59 Å². The van der Waals surface area contributed by atoms with Gasteiger partial charge in [0.25, 0.3) is 0 Å². The number of amides is 2. The average molecular weight is 326 g/mol. The van der Waals surface area contributed by atoms with Gasteiger partial charge in [0.2, 0.25) is 11.8 Å². The first-order chi connectivity index (χ1) is 11.7. The van der Waals surface area contributed by atoms with Crippen LogP contribution in [0, 0.1) is 0 Å². The Balaban J connectivity index is 1.64. The van der Waals surface area contributed by atoms with Gasteiger partial charge < -0.3 is 15.4 Å². The maximum atomic E-state index is 11.8. The van der Waals surface area contributed by atoms with Gasteiger partial charge in [-0.15, -0.1) is 0 Å². The fourth-order valence-electron chi connectivity index (χ4n) is 2.22. The first-order valence-electron chi connectivity index (χ1n) is 7.87. The zero-order valence-corrected chi connectivity index (χ0v) is 13.7. The van der Waals surface area contributed by atoms with E-state index in [1.54, 1.807) is 19.2 Å². The van der Waals surface area contributed by atoms with Gasteiger partial charge in [-0.25, -0.2) is 0 Å². The molecule has 0 spiro atoms. The van der Waals surface area contributed by atoms with Crippen LogP contribution in [0.5, 0.6) is 5.75 Å². The highest BCUT2D eigenvalue weighted by Gasteiger charge is 2.06. The number of nitrogens with one attached hydrogen (secondary N) is 2. The van der Waals surface area contributed by atoms with E-state index in [4.69, 9.17) is 4.74 Å². The van der Waals surface area contributed by atoms with Crippen LogP contribution in [0.4, 0.5) is 0 Å². The minimum Gasteiger partial charge on any atom is -0.497 e. The molecule has 0 aliphatic heterocycles. The van der Waals surface area contributed by atoms with Crippen molar-refractivity contribution in [3.05, 3.63) is 65.7 Å². The Kier molecular flexibility index (Phi) is 6.83. The van der Waals surface area contributed by atoms with Crippen molar-refractivity contribution in [2.75, 3.05) is 20.2 Å². The molecule has 0 aliphatic rings. The largest absolute Gasteiger partial charge is 0.497 e. The number of methoxy groups -OCH3 is 1. The Labute approximate surface area is 142 Å². The normalized spacial score (nSPS) is 10.0. The van der Waals surface area contributed by atoms with Crippen LogP contribution >= 0.6 is 0 Å². The Hall–Kier alpha value is -2.82. The molecule has 2 rings (SSSR count). The molecule has 2 aromatic carbocycles. The molecular formula is C19H22N2O3. The molecule has 5 nitrogen and oxygen atoms in total. The van der Waals surface area contributed by atoms with Crippen LogP contribution in [0.25, 0.3) is 0 Å². The Morgan fingerprint density at radius 2 is 1.58 bits per heavy atom. The zero-order valence-electron chi connectivity index (χ0n) is 13.7. The fourth-order valence-corrected chi connectivity index (χ4v) is 2.22. The number of rotatable bonds is 8. The average Bonchev–Trinajstić information content (AvgIpc) is 2.61. The summed E-state index contributed by atoms with van der Waals surface area (Å²) in [5.74, 6) is 0.379. The second-order valence-corrected chi connectivity index (χ2v) is 5.39. The van der Waals surface area contributed by atoms with Crippen molar-refractivity contribution in [2.24, 2.45) is 0 Å². The van der Waals surface area contributed by atoms with Crippen LogP contribution in [0.15, 0.2) is 54.6 Å². The highest BCUT2D eigenvalue weighted by molar-refractivity contribution is 5.85. The van der Waals surface area contributed by atoms with Crippen LogP contribution in [-0.2, 0) is 22.4 Å². The van der Waals surface area contributed by atoms with E-state index < -0.39 is 0 Å². The molecule has 0 heterocycles. The molecule has 0 radical (unpaired) electrons. The molecule has 0 saturated carbocycles. The van der Waals surface area contributed by atoms with Gasteiger partial charge in [0.05, 0.1) is 20.1 Å². The molecule has 0 fully saturated rings. The lowest BCUT2D eigenvalue weighted by molar-refractivity contribution is -0.125. The first-order valence-corrected chi connectivity index (χ1v) is 7.87. The summed E-state index contributed by atoms with van der Waals surface area (Å²) in [6, 6.07) is 17.2. The molecule has 0 unspecified atom stereocenters. The van der Waals surface area contributed by atoms with Gasteiger partial charge in [-0.05, 0) is 29.7 Å². The summed E-state index contributed by atoms with van der Waals surface area (Å²) >= 11 is 0. The number of hydrogen-bond donors (Lipinski definition) is 2. The highest BCUT2D eigenvalue weighted by atomic mass is 16.5. The second-order valence-electron chi connectivity index (χ2n) is 5.39. The van der Waals surface area contributed by atoms with E-state index in [0.717, 1.165) is 17.7 Å². The number of hydrogen-bond acceptors (Lipinski definition) is 3. The van der Waals surface area contributed by atoms with Gasteiger partial charge in [0.15, 0.2) is 0 Å². The summed E-state index contributed by atoms with van der Waals surface area (Å²) < 4.78 is 5.07. The van der Waals surface area contributed by atoms with Crippen molar-refractivity contribution in [2.45, 2.75) is 12.8 Å². The van der Waals surface area contributed by atoms with Gasteiger partial charge in [-0.2, -0.15) is 0 Å². The van der Waals surface area contributed by atoms with Crippen LogP contribution in [0.3, 0.4) is 0 Å². The zero-order chi connectivity index (χ0) is 17.2. The Bertz CT molecular complexity index is 654. The third-order valence-corrected chi connectivity index (χ3v) is 3.55. The summed E-state index contributed by atoms with van der Waals surface area (Å²) in [5.41, 5.74) is 2.04. The topological polar surface area (TPSA) is 67.4 Å². The third-order valence-electron chi connectivity index (χ3n) is 3.55. The molecule has 0 atom stereocenters. The van der Waals surface area contributed by atoms with Crippen molar-refractivity contribution in [1.29, 1.82) is 0 Å².